The van der Waals surface area contributed by atoms with E-state index in [4.69, 9.17) is 5.73 Å². The molecule has 90 valence electrons. The van der Waals surface area contributed by atoms with Crippen LogP contribution in [-0.4, -0.2) is 34.3 Å². The van der Waals surface area contributed by atoms with E-state index < -0.39 is 10.8 Å². The molecule has 4 heteroatoms. The molecule has 1 aliphatic rings. The van der Waals surface area contributed by atoms with Crippen molar-refractivity contribution in [3.63, 3.8) is 0 Å². The molecule has 1 fully saturated rings. The Morgan fingerprint density at radius 1 is 1.40 bits per heavy atom. The average molecular weight is 232 g/mol. The van der Waals surface area contributed by atoms with E-state index in [-0.39, 0.29) is 0 Å². The van der Waals surface area contributed by atoms with E-state index >= 15 is 0 Å². The summed E-state index contributed by atoms with van der Waals surface area (Å²) in [6, 6.07) is 1.53. The Labute approximate surface area is 95.6 Å². The van der Waals surface area contributed by atoms with Crippen molar-refractivity contribution < 1.29 is 4.21 Å². The molecule has 0 saturated heterocycles. The lowest BCUT2D eigenvalue weighted by molar-refractivity contribution is 0.318. The lowest BCUT2D eigenvalue weighted by Crippen LogP contribution is -2.41. The fourth-order valence-corrected chi connectivity index (χ4v) is 2.80. The minimum absolute atomic E-state index is 0.418. The minimum atomic E-state index is -0.658. The molecule has 15 heavy (non-hydrogen) atoms. The van der Waals surface area contributed by atoms with Crippen LogP contribution in [0.2, 0.25) is 0 Å². The highest BCUT2D eigenvalue weighted by Gasteiger charge is 2.19. The number of nitrogens with two attached hydrogens (primary N) is 1. The highest BCUT2D eigenvalue weighted by Crippen LogP contribution is 2.17. The molecule has 2 atom stereocenters. The van der Waals surface area contributed by atoms with E-state index in [9.17, 15) is 4.21 Å². The summed E-state index contributed by atoms with van der Waals surface area (Å²) in [5, 5.41) is 3.60. The van der Waals surface area contributed by atoms with E-state index in [0.29, 0.717) is 18.1 Å². The molecule has 0 aromatic carbocycles. The minimum Gasteiger partial charge on any atom is -0.328 e. The molecule has 1 aliphatic carbocycles. The van der Waals surface area contributed by atoms with Crippen LogP contribution in [0.25, 0.3) is 0 Å². The van der Waals surface area contributed by atoms with Gasteiger partial charge in [-0.2, -0.15) is 0 Å². The maximum absolute atomic E-state index is 11.0. The Hall–Kier alpha value is 0.0700. The normalized spacial score (nSPS) is 31.1. The van der Waals surface area contributed by atoms with Crippen molar-refractivity contribution >= 4 is 10.8 Å². The molecule has 0 bridgehead atoms. The van der Waals surface area contributed by atoms with Crippen LogP contribution < -0.4 is 11.1 Å². The van der Waals surface area contributed by atoms with Gasteiger partial charge in [0, 0.05) is 40.9 Å². The summed E-state index contributed by atoms with van der Waals surface area (Å²) in [7, 11) is -0.658. The molecule has 0 heterocycles. The fraction of sp³-hybridized carbons (Fsp3) is 1.00. The van der Waals surface area contributed by atoms with Crippen molar-refractivity contribution in [2.75, 3.05) is 12.0 Å². The van der Waals surface area contributed by atoms with Gasteiger partial charge in [0.1, 0.15) is 0 Å². The first-order valence-electron chi connectivity index (χ1n) is 5.89. The molecule has 1 saturated carbocycles. The molecule has 3 N–H and O–H groups in total. The molecule has 1 rings (SSSR count). The second-order valence-electron chi connectivity index (χ2n) is 4.75. The molecule has 0 amide bonds. The van der Waals surface area contributed by atoms with Gasteiger partial charge in [-0.25, -0.2) is 0 Å². The van der Waals surface area contributed by atoms with E-state index in [1.807, 2.05) is 0 Å². The smallest absolute Gasteiger partial charge is 0.0246 e. The highest BCUT2D eigenvalue weighted by atomic mass is 32.2. The third-order valence-electron chi connectivity index (χ3n) is 3.13. The third kappa shape index (κ3) is 5.64. The van der Waals surface area contributed by atoms with Gasteiger partial charge in [0.25, 0.3) is 0 Å². The van der Waals surface area contributed by atoms with Crippen LogP contribution in [0.15, 0.2) is 0 Å². The van der Waals surface area contributed by atoms with E-state index in [1.165, 1.54) is 12.8 Å². The molecular weight excluding hydrogens is 208 g/mol. The molecule has 0 aromatic rings. The van der Waals surface area contributed by atoms with Gasteiger partial charge in [-0.1, -0.05) is 0 Å². The quantitative estimate of drug-likeness (QED) is 0.743. The van der Waals surface area contributed by atoms with Gasteiger partial charge in [0.2, 0.25) is 0 Å². The van der Waals surface area contributed by atoms with Crippen molar-refractivity contribution in [3.8, 4) is 0 Å². The second kappa shape index (κ2) is 6.61. The highest BCUT2D eigenvalue weighted by molar-refractivity contribution is 7.84. The molecule has 0 spiro atoms. The van der Waals surface area contributed by atoms with Crippen LogP contribution in [0, 0.1) is 0 Å². The van der Waals surface area contributed by atoms with Gasteiger partial charge < -0.3 is 11.1 Å². The van der Waals surface area contributed by atoms with Crippen LogP contribution in [0.4, 0.5) is 0 Å². The van der Waals surface area contributed by atoms with Crippen molar-refractivity contribution in [2.45, 2.75) is 57.2 Å². The molecule has 3 nitrogen and oxygen atoms in total. The maximum atomic E-state index is 11.0. The zero-order chi connectivity index (χ0) is 11.3. The summed E-state index contributed by atoms with van der Waals surface area (Å²) in [5.74, 6) is 0.806. The Balaban J connectivity index is 2.14. The predicted molar refractivity (Wildman–Crippen MR) is 66.4 cm³/mol. The molecular formula is C11H24N2OS. The largest absolute Gasteiger partial charge is 0.328 e. The number of rotatable bonds is 5. The Morgan fingerprint density at radius 3 is 2.53 bits per heavy atom. The maximum Gasteiger partial charge on any atom is 0.0246 e. The Bertz CT molecular complexity index is 203. The van der Waals surface area contributed by atoms with Crippen molar-refractivity contribution in [3.05, 3.63) is 0 Å². The fourth-order valence-electron chi connectivity index (χ4n) is 2.11. The average Bonchev–Trinajstić information content (AvgIpc) is 2.19. The number of nitrogens with one attached hydrogen (secondary N) is 1. The molecule has 2 unspecified atom stereocenters. The predicted octanol–water partition coefficient (Wildman–Crippen LogP) is 1.00. The first kappa shape index (κ1) is 13.1. The summed E-state index contributed by atoms with van der Waals surface area (Å²) in [4.78, 5) is 0. The van der Waals surface area contributed by atoms with E-state index in [0.717, 1.165) is 25.0 Å². The van der Waals surface area contributed by atoms with Gasteiger partial charge in [0.15, 0.2) is 0 Å². The lowest BCUT2D eigenvalue weighted by atomic mass is 9.91. The van der Waals surface area contributed by atoms with Crippen LogP contribution in [0.1, 0.15) is 39.0 Å². The summed E-state index contributed by atoms with van der Waals surface area (Å²) in [6.07, 6.45) is 7.45. The Kier molecular flexibility index (Phi) is 5.79. The lowest BCUT2D eigenvalue weighted by Gasteiger charge is -2.29. The SMILES string of the molecule is CC(CCS(C)=O)NC1CCC(N)CC1. The zero-order valence-corrected chi connectivity index (χ0v) is 10.7. The first-order valence-corrected chi connectivity index (χ1v) is 7.62. The van der Waals surface area contributed by atoms with Crippen LogP contribution in [0.5, 0.6) is 0 Å². The summed E-state index contributed by atoms with van der Waals surface area (Å²) < 4.78 is 11.0. The van der Waals surface area contributed by atoms with Crippen LogP contribution >= 0.6 is 0 Å². The molecule has 0 aromatic heterocycles. The monoisotopic (exact) mass is 232 g/mol. The molecule has 0 radical (unpaired) electrons. The topological polar surface area (TPSA) is 55.1 Å². The summed E-state index contributed by atoms with van der Waals surface area (Å²) in [5.41, 5.74) is 5.86. The van der Waals surface area contributed by atoms with E-state index in [1.54, 1.807) is 6.26 Å². The Morgan fingerprint density at radius 2 is 2.00 bits per heavy atom. The third-order valence-corrected chi connectivity index (χ3v) is 3.94. The first-order chi connectivity index (χ1) is 7.08. The number of hydrogen-bond acceptors (Lipinski definition) is 3. The van der Waals surface area contributed by atoms with Crippen molar-refractivity contribution in [1.29, 1.82) is 0 Å². The molecule has 0 aliphatic heterocycles. The zero-order valence-electron chi connectivity index (χ0n) is 9.87. The van der Waals surface area contributed by atoms with Gasteiger partial charge in [-0.3, -0.25) is 4.21 Å². The van der Waals surface area contributed by atoms with Gasteiger partial charge >= 0.3 is 0 Å². The summed E-state index contributed by atoms with van der Waals surface area (Å²) in [6.45, 7) is 2.18. The van der Waals surface area contributed by atoms with Crippen LogP contribution in [-0.2, 0) is 10.8 Å². The summed E-state index contributed by atoms with van der Waals surface area (Å²) >= 11 is 0. The van der Waals surface area contributed by atoms with Crippen molar-refractivity contribution in [1.82, 2.24) is 5.32 Å². The number of hydrogen-bond donors (Lipinski definition) is 2. The standard InChI is InChI=1S/C11H24N2OS/c1-9(7-8-15(2)14)13-11-5-3-10(12)4-6-11/h9-11,13H,3-8,12H2,1-2H3. The van der Waals surface area contributed by atoms with Gasteiger partial charge in [-0.05, 0) is 39.0 Å². The second-order valence-corrected chi connectivity index (χ2v) is 6.30. The van der Waals surface area contributed by atoms with Crippen LogP contribution in [0.3, 0.4) is 0 Å². The van der Waals surface area contributed by atoms with E-state index in [2.05, 4.69) is 12.2 Å². The van der Waals surface area contributed by atoms with Gasteiger partial charge in [-0.15, -0.1) is 0 Å². The van der Waals surface area contributed by atoms with Crippen molar-refractivity contribution in [2.24, 2.45) is 5.73 Å². The van der Waals surface area contributed by atoms with Gasteiger partial charge in [0.05, 0.1) is 0 Å².